The number of aromatic nitrogens is 1. The summed E-state index contributed by atoms with van der Waals surface area (Å²) in [5, 5.41) is 0.976. The number of hydrogen-bond donors (Lipinski definition) is 1. The van der Waals surface area contributed by atoms with Crippen LogP contribution in [0.3, 0.4) is 0 Å². The number of aryl methyl sites for hydroxylation is 1. The van der Waals surface area contributed by atoms with Crippen LogP contribution in [0, 0.1) is 6.92 Å². The quantitative estimate of drug-likeness (QED) is 0.675. The van der Waals surface area contributed by atoms with Crippen LogP contribution in [0.4, 0.5) is 0 Å². The molecular weight excluding hydrogens is 222 g/mol. The Morgan fingerprint density at radius 2 is 1.89 bits per heavy atom. The molecule has 0 spiro atoms. The van der Waals surface area contributed by atoms with Crippen LogP contribution in [0.1, 0.15) is 21.5 Å². The molecule has 0 unspecified atom stereocenters. The molecule has 2 heteroatoms. The first-order chi connectivity index (χ1) is 8.75. The lowest BCUT2D eigenvalue weighted by Gasteiger charge is -2.01. The first-order valence-electron chi connectivity index (χ1n) is 5.93. The topological polar surface area (TPSA) is 32.9 Å². The van der Waals surface area contributed by atoms with E-state index in [2.05, 4.69) is 4.98 Å². The number of carbonyl (C=O) groups excluding carboxylic acids is 1. The first-order valence-corrected chi connectivity index (χ1v) is 5.93. The maximum absolute atomic E-state index is 12.5. The van der Waals surface area contributed by atoms with Crippen molar-refractivity contribution in [1.29, 1.82) is 0 Å². The molecule has 0 fully saturated rings. The number of para-hydroxylation sites is 1. The van der Waals surface area contributed by atoms with E-state index in [-0.39, 0.29) is 5.78 Å². The van der Waals surface area contributed by atoms with Gasteiger partial charge in [0.25, 0.3) is 0 Å². The summed E-state index contributed by atoms with van der Waals surface area (Å²) in [6, 6.07) is 15.5. The molecule has 1 N–H and O–H groups in total. The SMILES string of the molecule is Cc1cccc(C(=O)c2c[nH]c3ccccc23)c1. The van der Waals surface area contributed by atoms with Crippen molar-refractivity contribution in [1.82, 2.24) is 4.98 Å². The molecule has 18 heavy (non-hydrogen) atoms. The van der Waals surface area contributed by atoms with Crippen molar-refractivity contribution in [3.05, 3.63) is 71.4 Å². The van der Waals surface area contributed by atoms with Crippen LogP contribution in [-0.4, -0.2) is 10.8 Å². The molecule has 0 amide bonds. The highest BCUT2D eigenvalue weighted by molar-refractivity contribution is 6.16. The Morgan fingerprint density at radius 3 is 2.72 bits per heavy atom. The highest BCUT2D eigenvalue weighted by Crippen LogP contribution is 2.21. The van der Waals surface area contributed by atoms with Crippen LogP contribution >= 0.6 is 0 Å². The van der Waals surface area contributed by atoms with Crippen LogP contribution < -0.4 is 0 Å². The van der Waals surface area contributed by atoms with Gasteiger partial charge in [-0.05, 0) is 19.1 Å². The maximum atomic E-state index is 12.5. The molecule has 1 heterocycles. The Kier molecular flexibility index (Phi) is 2.49. The van der Waals surface area contributed by atoms with Crippen molar-refractivity contribution < 1.29 is 4.79 Å². The van der Waals surface area contributed by atoms with Gasteiger partial charge in [-0.25, -0.2) is 0 Å². The van der Waals surface area contributed by atoms with E-state index in [4.69, 9.17) is 0 Å². The second-order valence-corrected chi connectivity index (χ2v) is 4.45. The Morgan fingerprint density at radius 1 is 1.06 bits per heavy atom. The Balaban J connectivity index is 2.12. The van der Waals surface area contributed by atoms with Gasteiger partial charge in [-0.1, -0.05) is 42.0 Å². The predicted octanol–water partition coefficient (Wildman–Crippen LogP) is 3.71. The smallest absolute Gasteiger partial charge is 0.195 e. The van der Waals surface area contributed by atoms with E-state index < -0.39 is 0 Å². The average molecular weight is 235 g/mol. The van der Waals surface area contributed by atoms with Gasteiger partial charge >= 0.3 is 0 Å². The third-order valence-corrected chi connectivity index (χ3v) is 3.11. The zero-order valence-corrected chi connectivity index (χ0v) is 10.1. The Hall–Kier alpha value is -2.35. The van der Waals surface area contributed by atoms with E-state index in [9.17, 15) is 4.79 Å². The number of rotatable bonds is 2. The Labute approximate surface area is 105 Å². The van der Waals surface area contributed by atoms with Gasteiger partial charge in [-0.15, -0.1) is 0 Å². The van der Waals surface area contributed by atoms with Crippen molar-refractivity contribution in [2.45, 2.75) is 6.92 Å². The van der Waals surface area contributed by atoms with Gasteiger partial charge in [0.15, 0.2) is 5.78 Å². The molecule has 88 valence electrons. The molecular formula is C16H13NO. The van der Waals surface area contributed by atoms with Crippen LogP contribution in [0.2, 0.25) is 0 Å². The standard InChI is InChI=1S/C16H13NO/c1-11-5-4-6-12(9-11)16(18)14-10-17-15-8-3-2-7-13(14)15/h2-10,17H,1H3. The number of H-pyrrole nitrogens is 1. The molecule has 3 rings (SSSR count). The minimum absolute atomic E-state index is 0.0659. The molecule has 0 saturated heterocycles. The van der Waals surface area contributed by atoms with Crippen LogP contribution in [-0.2, 0) is 0 Å². The van der Waals surface area contributed by atoms with Crippen LogP contribution in [0.25, 0.3) is 10.9 Å². The van der Waals surface area contributed by atoms with Crippen molar-refractivity contribution in [2.24, 2.45) is 0 Å². The van der Waals surface area contributed by atoms with E-state index in [1.165, 1.54) is 0 Å². The molecule has 0 saturated carbocycles. The van der Waals surface area contributed by atoms with Gasteiger partial charge in [0.1, 0.15) is 0 Å². The molecule has 0 bridgehead atoms. The summed E-state index contributed by atoms with van der Waals surface area (Å²) in [4.78, 5) is 15.6. The molecule has 0 aliphatic heterocycles. The van der Waals surface area contributed by atoms with Gasteiger partial charge in [0, 0.05) is 28.2 Å². The minimum Gasteiger partial charge on any atom is -0.360 e. The Bertz CT molecular complexity index is 725. The highest BCUT2D eigenvalue weighted by atomic mass is 16.1. The third kappa shape index (κ3) is 1.72. The maximum Gasteiger partial charge on any atom is 0.195 e. The van der Waals surface area contributed by atoms with Crippen molar-refractivity contribution >= 4 is 16.7 Å². The average Bonchev–Trinajstić information content (AvgIpc) is 2.82. The summed E-state index contributed by atoms with van der Waals surface area (Å²) >= 11 is 0. The molecule has 2 aromatic carbocycles. The molecule has 3 aromatic rings. The van der Waals surface area contributed by atoms with Gasteiger partial charge in [0.2, 0.25) is 0 Å². The van der Waals surface area contributed by atoms with Crippen LogP contribution in [0.5, 0.6) is 0 Å². The number of aromatic amines is 1. The van der Waals surface area contributed by atoms with Crippen LogP contribution in [0.15, 0.2) is 54.7 Å². The summed E-state index contributed by atoms with van der Waals surface area (Å²) in [6.45, 7) is 1.99. The normalized spacial score (nSPS) is 10.7. The monoisotopic (exact) mass is 235 g/mol. The molecule has 0 aliphatic carbocycles. The second-order valence-electron chi connectivity index (χ2n) is 4.45. The fourth-order valence-corrected chi connectivity index (χ4v) is 2.20. The number of carbonyl (C=O) groups is 1. The van der Waals surface area contributed by atoms with Crippen molar-refractivity contribution in [3.8, 4) is 0 Å². The van der Waals surface area contributed by atoms with E-state index in [1.54, 1.807) is 6.20 Å². The number of hydrogen-bond acceptors (Lipinski definition) is 1. The molecule has 0 radical (unpaired) electrons. The van der Waals surface area contributed by atoms with E-state index in [1.807, 2.05) is 55.5 Å². The molecule has 0 aliphatic rings. The zero-order valence-electron chi connectivity index (χ0n) is 10.1. The second kappa shape index (κ2) is 4.15. The fourth-order valence-electron chi connectivity index (χ4n) is 2.20. The van der Waals surface area contributed by atoms with Gasteiger partial charge in [0.05, 0.1) is 0 Å². The lowest BCUT2D eigenvalue weighted by atomic mass is 10.0. The summed E-state index contributed by atoms with van der Waals surface area (Å²) in [5.74, 6) is 0.0659. The molecule has 1 aromatic heterocycles. The van der Waals surface area contributed by atoms with Crippen molar-refractivity contribution in [2.75, 3.05) is 0 Å². The van der Waals surface area contributed by atoms with E-state index >= 15 is 0 Å². The van der Waals surface area contributed by atoms with Gasteiger partial charge in [-0.2, -0.15) is 0 Å². The lowest BCUT2D eigenvalue weighted by Crippen LogP contribution is -2.00. The summed E-state index contributed by atoms with van der Waals surface area (Å²) in [7, 11) is 0. The summed E-state index contributed by atoms with van der Waals surface area (Å²) in [6.07, 6.45) is 1.79. The van der Waals surface area contributed by atoms with E-state index in [0.29, 0.717) is 0 Å². The van der Waals surface area contributed by atoms with Gasteiger partial charge in [-0.3, -0.25) is 4.79 Å². The highest BCUT2D eigenvalue weighted by Gasteiger charge is 2.13. The number of nitrogens with one attached hydrogen (secondary N) is 1. The van der Waals surface area contributed by atoms with Gasteiger partial charge < -0.3 is 4.98 Å². The van der Waals surface area contributed by atoms with E-state index in [0.717, 1.165) is 27.6 Å². The zero-order chi connectivity index (χ0) is 12.5. The lowest BCUT2D eigenvalue weighted by molar-refractivity contribution is 0.104. The number of fused-ring (bicyclic) bond motifs is 1. The summed E-state index contributed by atoms with van der Waals surface area (Å²) < 4.78 is 0. The van der Waals surface area contributed by atoms with Crippen molar-refractivity contribution in [3.63, 3.8) is 0 Å². The molecule has 2 nitrogen and oxygen atoms in total. The first kappa shape index (κ1) is 10.8. The summed E-state index contributed by atoms with van der Waals surface area (Å²) in [5.41, 5.74) is 3.56. The predicted molar refractivity (Wildman–Crippen MR) is 72.9 cm³/mol. The number of benzene rings is 2. The minimum atomic E-state index is 0.0659. The molecule has 0 atom stereocenters. The largest absolute Gasteiger partial charge is 0.360 e. The fraction of sp³-hybridized carbons (Fsp3) is 0.0625. The third-order valence-electron chi connectivity index (χ3n) is 3.11. The number of ketones is 1.